The van der Waals surface area contributed by atoms with Gasteiger partial charge in [0.15, 0.2) is 0 Å². The maximum atomic E-state index is 13.2. The van der Waals surface area contributed by atoms with Gasteiger partial charge in [-0.25, -0.2) is 4.98 Å². The van der Waals surface area contributed by atoms with Gasteiger partial charge in [-0.3, -0.25) is 24.3 Å². The molecule has 0 aliphatic carbocycles. The number of aryl methyl sites for hydroxylation is 1. The Morgan fingerprint density at radius 3 is 2.56 bits per heavy atom. The maximum Gasteiger partial charge on any atom is 0.264 e. The molecule has 124 valence electrons. The van der Waals surface area contributed by atoms with Crippen molar-refractivity contribution in [3.05, 3.63) is 28.3 Å². The van der Waals surface area contributed by atoms with Gasteiger partial charge in [0, 0.05) is 5.69 Å². The van der Waals surface area contributed by atoms with Gasteiger partial charge in [0.05, 0.1) is 10.9 Å². The molecule has 0 spiro atoms. The van der Waals surface area contributed by atoms with E-state index in [1.165, 1.54) is 4.57 Å². The molecule has 2 aromatic rings. The highest BCUT2D eigenvalue weighted by Gasteiger charge is 2.47. The molecular formula is C14H18B4N4O3. The minimum Gasteiger partial charge on any atom is -0.398 e. The molecule has 2 amide bonds. The molecule has 2 atom stereocenters. The number of nitrogens with one attached hydrogen (secondary N) is 1. The number of carbonyl (C=O) groups is 2. The van der Waals surface area contributed by atoms with Crippen LogP contribution in [0.15, 0.2) is 16.9 Å². The van der Waals surface area contributed by atoms with Crippen LogP contribution in [0.5, 0.6) is 0 Å². The van der Waals surface area contributed by atoms with Gasteiger partial charge in [-0.2, -0.15) is 0 Å². The first-order chi connectivity index (χ1) is 11.6. The Morgan fingerprint density at radius 1 is 1.28 bits per heavy atom. The Kier molecular flexibility index (Phi) is 3.85. The Labute approximate surface area is 148 Å². The summed E-state index contributed by atoms with van der Waals surface area (Å²) in [5, 5.41) is 1.89. The first-order valence-electron chi connectivity index (χ1n) is 8.20. The number of fused-ring (bicyclic) bond motifs is 1. The molecule has 0 bridgehead atoms. The van der Waals surface area contributed by atoms with Crippen molar-refractivity contribution in [3.63, 3.8) is 0 Å². The number of anilines is 1. The van der Waals surface area contributed by atoms with Crippen molar-refractivity contribution >= 4 is 65.3 Å². The van der Waals surface area contributed by atoms with E-state index in [0.29, 0.717) is 22.4 Å². The highest BCUT2D eigenvalue weighted by atomic mass is 16.2. The number of nitrogen functional groups attached to an aromatic ring is 1. The van der Waals surface area contributed by atoms with E-state index in [1.807, 2.05) is 13.9 Å². The Bertz CT molecular complexity index is 988. The SMILES string of the molecule is Bc1ccc(N)c2c(=O)n(C3C(=O)NC(=O)C(B)(B)C3B)c(C)nc12. The van der Waals surface area contributed by atoms with E-state index < -0.39 is 17.2 Å². The molecule has 1 aromatic carbocycles. The van der Waals surface area contributed by atoms with E-state index in [2.05, 4.69) is 10.3 Å². The molecule has 1 aliphatic rings. The van der Waals surface area contributed by atoms with Crippen LogP contribution in [0.25, 0.3) is 10.9 Å². The van der Waals surface area contributed by atoms with Crippen molar-refractivity contribution in [1.29, 1.82) is 0 Å². The summed E-state index contributed by atoms with van der Waals surface area (Å²) in [6.07, 6.45) is 0. The molecule has 1 saturated heterocycles. The van der Waals surface area contributed by atoms with E-state index >= 15 is 0 Å². The average Bonchev–Trinajstić information content (AvgIpc) is 2.52. The second-order valence-corrected chi connectivity index (χ2v) is 7.30. The van der Waals surface area contributed by atoms with Crippen molar-refractivity contribution in [2.24, 2.45) is 0 Å². The van der Waals surface area contributed by atoms with Crippen molar-refractivity contribution in [3.8, 4) is 0 Å². The second kappa shape index (κ2) is 5.54. The number of carbonyl (C=O) groups excluding carboxylic acids is 2. The summed E-state index contributed by atoms with van der Waals surface area (Å²) in [5.74, 6) is -0.788. The highest BCUT2D eigenvalue weighted by molar-refractivity contribution is 6.55. The van der Waals surface area contributed by atoms with Crippen LogP contribution in [0.1, 0.15) is 11.9 Å². The van der Waals surface area contributed by atoms with Gasteiger partial charge >= 0.3 is 0 Å². The summed E-state index contributed by atoms with van der Waals surface area (Å²) in [6.45, 7) is 1.69. The van der Waals surface area contributed by atoms with Crippen LogP contribution in [0.4, 0.5) is 5.69 Å². The number of amides is 2. The smallest absolute Gasteiger partial charge is 0.264 e. The molecule has 1 fully saturated rings. The molecule has 0 saturated carbocycles. The summed E-state index contributed by atoms with van der Waals surface area (Å²) in [6, 6.07) is 2.65. The fourth-order valence-electron chi connectivity index (χ4n) is 3.41. The van der Waals surface area contributed by atoms with Gasteiger partial charge in [-0.15, -0.1) is 0 Å². The summed E-state index contributed by atoms with van der Waals surface area (Å²) >= 11 is 0. The molecule has 1 aromatic heterocycles. The zero-order valence-corrected chi connectivity index (χ0v) is 15.0. The van der Waals surface area contributed by atoms with E-state index in [4.69, 9.17) is 5.73 Å². The van der Waals surface area contributed by atoms with Crippen LogP contribution in [-0.2, 0) is 9.59 Å². The summed E-state index contributed by atoms with van der Waals surface area (Å²) in [4.78, 5) is 42.4. The first-order valence-corrected chi connectivity index (χ1v) is 8.20. The molecule has 0 radical (unpaired) electrons. The van der Waals surface area contributed by atoms with Crippen LogP contribution in [0.2, 0.25) is 11.0 Å². The van der Waals surface area contributed by atoms with Crippen LogP contribution in [0, 0.1) is 6.92 Å². The third kappa shape index (κ3) is 2.41. The third-order valence-corrected chi connectivity index (χ3v) is 5.45. The van der Waals surface area contributed by atoms with E-state index in [-0.39, 0.29) is 17.3 Å². The molecule has 25 heavy (non-hydrogen) atoms. The summed E-state index contributed by atoms with van der Waals surface area (Å²) in [5.41, 5.74) is 7.36. The number of piperidine rings is 1. The van der Waals surface area contributed by atoms with Gasteiger partial charge in [0.1, 0.15) is 43.3 Å². The summed E-state index contributed by atoms with van der Waals surface area (Å²) < 4.78 is 1.37. The van der Waals surface area contributed by atoms with Crippen molar-refractivity contribution in [2.75, 3.05) is 5.73 Å². The quantitative estimate of drug-likeness (QED) is 0.311. The number of imide groups is 1. The number of benzene rings is 1. The zero-order valence-electron chi connectivity index (χ0n) is 15.0. The molecule has 2 heterocycles. The van der Waals surface area contributed by atoms with Crippen molar-refractivity contribution in [2.45, 2.75) is 24.0 Å². The minimum atomic E-state index is -0.822. The van der Waals surface area contributed by atoms with Crippen LogP contribution in [-0.4, -0.2) is 52.8 Å². The van der Waals surface area contributed by atoms with Crippen molar-refractivity contribution < 1.29 is 9.59 Å². The van der Waals surface area contributed by atoms with Gasteiger partial charge in [0.2, 0.25) is 11.8 Å². The fourth-order valence-corrected chi connectivity index (χ4v) is 3.41. The van der Waals surface area contributed by atoms with E-state index in [1.54, 1.807) is 36.5 Å². The standard InChI is InChI=1S/C14H18B4N4O3/c1-4-20-8-5(15)2-3-6(19)7(8)12(24)22(4)9-10(16)14(17,18)13(25)21-11(9)23/h2-3,9-10H,15-19H2,1H3,(H,21,23,25). The van der Waals surface area contributed by atoms with E-state index in [9.17, 15) is 14.4 Å². The first kappa shape index (κ1) is 17.4. The Morgan fingerprint density at radius 2 is 1.92 bits per heavy atom. The number of aromatic nitrogens is 2. The largest absolute Gasteiger partial charge is 0.398 e. The Hall–Kier alpha value is -2.44. The van der Waals surface area contributed by atoms with Gasteiger partial charge in [0.25, 0.3) is 5.56 Å². The predicted molar refractivity (Wildman–Crippen MR) is 108 cm³/mol. The monoisotopic (exact) mass is 334 g/mol. The lowest BCUT2D eigenvalue weighted by Gasteiger charge is -2.41. The number of hydrogen-bond acceptors (Lipinski definition) is 5. The minimum absolute atomic E-state index is 0.306. The van der Waals surface area contributed by atoms with Crippen molar-refractivity contribution in [1.82, 2.24) is 14.9 Å². The van der Waals surface area contributed by atoms with Crippen LogP contribution < -0.4 is 22.1 Å². The molecular weight excluding hydrogens is 315 g/mol. The highest BCUT2D eigenvalue weighted by Crippen LogP contribution is 2.42. The summed E-state index contributed by atoms with van der Waals surface area (Å²) in [7, 11) is 7.19. The predicted octanol–water partition coefficient (Wildman–Crippen LogP) is -4.45. The average molecular weight is 334 g/mol. The molecule has 2 unspecified atom stereocenters. The third-order valence-electron chi connectivity index (χ3n) is 5.45. The lowest BCUT2D eigenvalue weighted by Crippen LogP contribution is -2.55. The molecule has 7 nitrogen and oxygen atoms in total. The number of hydrogen-bond donors (Lipinski definition) is 2. The molecule has 1 aliphatic heterocycles. The maximum absolute atomic E-state index is 13.2. The zero-order chi connectivity index (χ0) is 18.7. The normalized spacial score (nSPS) is 22.8. The number of nitrogens with zero attached hydrogens (tertiary/aromatic N) is 2. The number of rotatable bonds is 1. The molecule has 3 N–H and O–H groups in total. The second-order valence-electron chi connectivity index (χ2n) is 7.30. The lowest BCUT2D eigenvalue weighted by molar-refractivity contribution is -0.136. The fraction of sp³-hybridized carbons (Fsp3) is 0.286. The molecule has 11 heteroatoms. The molecule has 3 rings (SSSR count). The Balaban J connectivity index is 2.33. The van der Waals surface area contributed by atoms with E-state index in [0.717, 1.165) is 5.46 Å². The van der Waals surface area contributed by atoms with Gasteiger partial charge < -0.3 is 5.73 Å². The lowest BCUT2D eigenvalue weighted by atomic mass is 9.40. The van der Waals surface area contributed by atoms with Crippen LogP contribution in [0.3, 0.4) is 0 Å². The topological polar surface area (TPSA) is 107 Å². The van der Waals surface area contributed by atoms with Crippen LogP contribution >= 0.6 is 0 Å². The van der Waals surface area contributed by atoms with Gasteiger partial charge in [-0.05, 0) is 24.0 Å². The number of nitrogens with two attached hydrogens (primary N) is 1. The van der Waals surface area contributed by atoms with Gasteiger partial charge in [-0.1, -0.05) is 11.5 Å².